The van der Waals surface area contributed by atoms with Crippen LogP contribution in [0.15, 0.2) is 34.9 Å². The lowest BCUT2D eigenvalue weighted by molar-refractivity contribution is 0.320. The van der Waals surface area contributed by atoms with Crippen LogP contribution in [0.25, 0.3) is 0 Å². The highest BCUT2D eigenvalue weighted by atomic mass is 79.9. The average Bonchev–Trinajstić information content (AvgIpc) is 2.38. The Balaban J connectivity index is 2.00. The highest BCUT2D eigenvalue weighted by Gasteiger charge is 2.06. The predicted octanol–water partition coefficient (Wildman–Crippen LogP) is 3.33. The van der Waals surface area contributed by atoms with Crippen LogP contribution in [0.5, 0.6) is 5.75 Å². The van der Waals surface area contributed by atoms with Gasteiger partial charge in [0, 0.05) is 17.1 Å². The van der Waals surface area contributed by atoms with Gasteiger partial charge in [-0.05, 0) is 45.8 Å². The fourth-order valence-corrected chi connectivity index (χ4v) is 1.86. The second-order valence-electron chi connectivity index (χ2n) is 3.87. The number of hydrogen-bond donors (Lipinski definition) is 1. The molecule has 0 spiro atoms. The van der Waals surface area contributed by atoms with E-state index in [2.05, 4.69) is 20.9 Å². The Morgan fingerprint density at radius 1 is 1.26 bits per heavy atom. The number of aromatic nitrogens is 1. The molecule has 1 aromatic heterocycles. The minimum Gasteiger partial charge on any atom is -0.489 e. The lowest BCUT2D eigenvalue weighted by atomic mass is 10.1. The number of hydrogen-bond acceptors (Lipinski definition) is 3. The maximum atomic E-state index is 13.4. The van der Waals surface area contributed by atoms with Crippen molar-refractivity contribution >= 4 is 21.7 Å². The molecule has 0 bridgehead atoms. The molecule has 1 aromatic carbocycles. The van der Waals surface area contributed by atoms with Crippen LogP contribution in [0, 0.1) is 11.6 Å². The fraction of sp³-hybridized carbons (Fsp3) is 0.154. The van der Waals surface area contributed by atoms with Crippen LogP contribution in [0.2, 0.25) is 0 Å². The molecular weight excluding hydrogens is 318 g/mol. The van der Waals surface area contributed by atoms with Gasteiger partial charge in [-0.25, -0.2) is 13.8 Å². The van der Waals surface area contributed by atoms with E-state index < -0.39 is 11.6 Å². The van der Waals surface area contributed by atoms with E-state index in [-0.39, 0.29) is 24.4 Å². The number of halogens is 3. The SMILES string of the molecule is Nc1ncc(Br)cc1OCCc1cc(F)ccc1F. The minimum absolute atomic E-state index is 0.183. The summed E-state index contributed by atoms with van der Waals surface area (Å²) in [5.74, 6) is -0.264. The number of nitrogen functional groups attached to an aromatic ring is 1. The molecule has 3 nitrogen and oxygen atoms in total. The van der Waals surface area contributed by atoms with Gasteiger partial charge < -0.3 is 10.5 Å². The van der Waals surface area contributed by atoms with Crippen LogP contribution >= 0.6 is 15.9 Å². The number of nitrogens with two attached hydrogens (primary N) is 1. The summed E-state index contributed by atoms with van der Waals surface area (Å²) in [4.78, 5) is 3.91. The smallest absolute Gasteiger partial charge is 0.166 e. The number of anilines is 1. The Bertz CT molecular complexity index is 541. The Labute approximate surface area is 117 Å². The van der Waals surface area contributed by atoms with Crippen molar-refractivity contribution in [3.8, 4) is 5.75 Å². The lowest BCUT2D eigenvalue weighted by Gasteiger charge is -2.09. The maximum absolute atomic E-state index is 13.4. The molecule has 0 radical (unpaired) electrons. The normalized spacial score (nSPS) is 10.5. The zero-order valence-electron chi connectivity index (χ0n) is 9.87. The molecule has 0 aliphatic carbocycles. The van der Waals surface area contributed by atoms with Gasteiger partial charge in [-0.15, -0.1) is 0 Å². The quantitative estimate of drug-likeness (QED) is 0.936. The molecule has 2 aromatic rings. The summed E-state index contributed by atoms with van der Waals surface area (Å²) in [5.41, 5.74) is 5.90. The van der Waals surface area contributed by atoms with Gasteiger partial charge >= 0.3 is 0 Å². The van der Waals surface area contributed by atoms with E-state index in [4.69, 9.17) is 10.5 Å². The third-order valence-electron chi connectivity index (χ3n) is 2.49. The molecule has 0 saturated heterocycles. The first kappa shape index (κ1) is 13.7. The standard InChI is InChI=1S/C13H11BrF2N2O/c14-9-6-12(13(17)18-7-9)19-4-3-8-5-10(15)1-2-11(8)16/h1-2,5-7H,3-4H2,(H2,17,18). The number of benzene rings is 1. The molecule has 6 heteroatoms. The first-order valence-corrected chi connectivity index (χ1v) is 6.33. The number of rotatable bonds is 4. The van der Waals surface area contributed by atoms with Crippen molar-refractivity contribution in [1.82, 2.24) is 4.98 Å². The summed E-state index contributed by atoms with van der Waals surface area (Å²) in [7, 11) is 0. The highest BCUT2D eigenvalue weighted by molar-refractivity contribution is 9.10. The first-order valence-electron chi connectivity index (χ1n) is 5.54. The van der Waals surface area contributed by atoms with Crippen LogP contribution in [0.3, 0.4) is 0 Å². The van der Waals surface area contributed by atoms with E-state index >= 15 is 0 Å². The van der Waals surface area contributed by atoms with Gasteiger partial charge in [-0.2, -0.15) is 0 Å². The third kappa shape index (κ3) is 3.64. The molecular formula is C13H11BrF2N2O. The average molecular weight is 329 g/mol. The Morgan fingerprint density at radius 2 is 2.05 bits per heavy atom. The number of pyridine rings is 1. The highest BCUT2D eigenvalue weighted by Crippen LogP contribution is 2.23. The summed E-state index contributed by atoms with van der Waals surface area (Å²) in [5, 5.41) is 0. The Morgan fingerprint density at radius 3 is 2.84 bits per heavy atom. The second kappa shape index (κ2) is 5.97. The van der Waals surface area contributed by atoms with E-state index in [0.717, 1.165) is 22.7 Å². The van der Waals surface area contributed by atoms with E-state index in [0.29, 0.717) is 5.75 Å². The predicted molar refractivity (Wildman–Crippen MR) is 71.9 cm³/mol. The van der Waals surface area contributed by atoms with Gasteiger partial charge in [0.2, 0.25) is 0 Å². The van der Waals surface area contributed by atoms with E-state index in [1.54, 1.807) is 12.3 Å². The number of nitrogens with zero attached hydrogens (tertiary/aromatic N) is 1. The summed E-state index contributed by atoms with van der Waals surface area (Å²) < 4.78 is 32.5. The molecule has 0 aliphatic rings. The van der Waals surface area contributed by atoms with Crippen LogP contribution < -0.4 is 10.5 Å². The molecule has 0 saturated carbocycles. The van der Waals surface area contributed by atoms with Crippen molar-refractivity contribution in [2.75, 3.05) is 12.3 Å². The van der Waals surface area contributed by atoms with Crippen LogP contribution in [-0.4, -0.2) is 11.6 Å². The lowest BCUT2D eigenvalue weighted by Crippen LogP contribution is -2.06. The molecule has 2 N–H and O–H groups in total. The monoisotopic (exact) mass is 328 g/mol. The third-order valence-corrected chi connectivity index (χ3v) is 2.92. The number of ether oxygens (including phenoxy) is 1. The summed E-state index contributed by atoms with van der Waals surface area (Å²) in [6.45, 7) is 0.183. The van der Waals surface area contributed by atoms with Crippen molar-refractivity contribution in [3.63, 3.8) is 0 Å². The topological polar surface area (TPSA) is 48.1 Å². The zero-order chi connectivity index (χ0) is 13.8. The first-order chi connectivity index (χ1) is 9.06. The van der Waals surface area contributed by atoms with Crippen molar-refractivity contribution in [1.29, 1.82) is 0 Å². The summed E-state index contributed by atoms with van der Waals surface area (Å²) >= 11 is 3.25. The molecule has 0 fully saturated rings. The van der Waals surface area contributed by atoms with Gasteiger partial charge in [0.05, 0.1) is 6.61 Å². The summed E-state index contributed by atoms with van der Waals surface area (Å²) in [6.07, 6.45) is 1.80. The van der Waals surface area contributed by atoms with Gasteiger partial charge in [0.15, 0.2) is 11.6 Å². The molecule has 0 atom stereocenters. The molecule has 100 valence electrons. The Hall–Kier alpha value is -1.69. The largest absolute Gasteiger partial charge is 0.489 e. The second-order valence-corrected chi connectivity index (χ2v) is 4.79. The van der Waals surface area contributed by atoms with Gasteiger partial charge in [-0.3, -0.25) is 0 Å². The van der Waals surface area contributed by atoms with Crippen LogP contribution in [-0.2, 0) is 6.42 Å². The fourth-order valence-electron chi connectivity index (χ4n) is 1.55. The van der Waals surface area contributed by atoms with Crippen LogP contribution in [0.1, 0.15) is 5.56 Å². The molecule has 19 heavy (non-hydrogen) atoms. The van der Waals surface area contributed by atoms with Crippen LogP contribution in [0.4, 0.5) is 14.6 Å². The zero-order valence-corrected chi connectivity index (χ0v) is 11.5. The molecule has 2 rings (SSSR count). The van der Waals surface area contributed by atoms with Crippen molar-refractivity contribution < 1.29 is 13.5 Å². The maximum Gasteiger partial charge on any atom is 0.166 e. The van der Waals surface area contributed by atoms with E-state index in [1.165, 1.54) is 0 Å². The molecule has 0 unspecified atom stereocenters. The molecule has 0 aliphatic heterocycles. The molecule has 0 amide bonds. The van der Waals surface area contributed by atoms with Gasteiger partial charge in [0.25, 0.3) is 0 Å². The Kier molecular flexibility index (Phi) is 4.31. The summed E-state index contributed by atoms with van der Waals surface area (Å²) in [6, 6.07) is 5.00. The van der Waals surface area contributed by atoms with Crippen molar-refractivity contribution in [2.24, 2.45) is 0 Å². The van der Waals surface area contributed by atoms with Gasteiger partial charge in [-0.1, -0.05) is 0 Å². The van der Waals surface area contributed by atoms with E-state index in [1.807, 2.05) is 0 Å². The molecule has 1 heterocycles. The van der Waals surface area contributed by atoms with Crippen molar-refractivity contribution in [3.05, 3.63) is 52.1 Å². The van der Waals surface area contributed by atoms with E-state index in [9.17, 15) is 8.78 Å². The minimum atomic E-state index is -0.472. The van der Waals surface area contributed by atoms with Crippen molar-refractivity contribution in [2.45, 2.75) is 6.42 Å². The van der Waals surface area contributed by atoms with Gasteiger partial charge in [0.1, 0.15) is 11.6 Å².